The van der Waals surface area contributed by atoms with Gasteiger partial charge >= 0.3 is 0 Å². The lowest BCUT2D eigenvalue weighted by Crippen LogP contribution is -1.89. The van der Waals surface area contributed by atoms with Crippen molar-refractivity contribution >= 4 is 16.8 Å². The predicted octanol–water partition coefficient (Wildman–Crippen LogP) is 5.67. The van der Waals surface area contributed by atoms with Gasteiger partial charge in [0.1, 0.15) is 5.75 Å². The van der Waals surface area contributed by atoms with Gasteiger partial charge in [0.15, 0.2) is 0 Å². The molecule has 0 amide bonds. The summed E-state index contributed by atoms with van der Waals surface area (Å²) < 4.78 is 5.28. The fourth-order valence-electron chi connectivity index (χ4n) is 2.58. The summed E-state index contributed by atoms with van der Waals surface area (Å²) in [6, 6.07) is 23.2. The molecule has 0 heterocycles. The third-order valence-corrected chi connectivity index (χ3v) is 3.97. The van der Waals surface area contributed by atoms with Crippen LogP contribution in [0, 0.1) is 0 Å². The average Bonchev–Trinajstić information content (AvgIpc) is 2.59. The van der Waals surface area contributed by atoms with Crippen LogP contribution in [0.5, 0.6) is 5.75 Å². The summed E-state index contributed by atoms with van der Waals surface area (Å²) in [7, 11) is 1.70. The number of methoxy groups -OCH3 is 1. The van der Waals surface area contributed by atoms with E-state index >= 15 is 0 Å². The SMILES string of the molecule is COc1ccc2cc([C@H](C)/C=C/c3ccccc3)ccc2c1. The Morgan fingerprint density at radius 1 is 0.864 bits per heavy atom. The second-order valence-corrected chi connectivity index (χ2v) is 5.53. The molecular weight excluding hydrogens is 268 g/mol. The fourth-order valence-corrected chi connectivity index (χ4v) is 2.58. The second kappa shape index (κ2) is 6.48. The molecule has 0 spiro atoms. The lowest BCUT2D eigenvalue weighted by atomic mass is 9.96. The molecule has 1 nitrogen and oxygen atoms in total. The first-order chi connectivity index (χ1) is 10.8. The largest absolute Gasteiger partial charge is 0.497 e. The van der Waals surface area contributed by atoms with Gasteiger partial charge in [-0.15, -0.1) is 0 Å². The van der Waals surface area contributed by atoms with Crippen LogP contribution >= 0.6 is 0 Å². The van der Waals surface area contributed by atoms with Crippen molar-refractivity contribution in [3.8, 4) is 5.75 Å². The van der Waals surface area contributed by atoms with Crippen LogP contribution in [0.25, 0.3) is 16.8 Å². The molecule has 0 bridgehead atoms. The highest BCUT2D eigenvalue weighted by Crippen LogP contribution is 2.26. The first kappa shape index (κ1) is 14.4. The smallest absolute Gasteiger partial charge is 0.119 e. The summed E-state index contributed by atoms with van der Waals surface area (Å²) in [5, 5.41) is 2.46. The molecule has 0 saturated carbocycles. The van der Waals surface area contributed by atoms with E-state index in [2.05, 4.69) is 73.7 Å². The zero-order valence-electron chi connectivity index (χ0n) is 13.0. The Bertz CT molecular complexity index is 787. The standard InChI is InChI=1S/C21H20O/c1-16(8-9-17-6-4-3-5-7-17)18-10-11-20-15-21(22-2)13-12-19(20)14-18/h3-16H,1-2H3/b9-8+/t16-/m1/s1. The number of rotatable bonds is 4. The van der Waals surface area contributed by atoms with Gasteiger partial charge in [0, 0.05) is 0 Å². The summed E-state index contributed by atoms with van der Waals surface area (Å²) in [4.78, 5) is 0. The van der Waals surface area contributed by atoms with E-state index in [1.165, 1.54) is 21.9 Å². The van der Waals surface area contributed by atoms with E-state index < -0.39 is 0 Å². The maximum Gasteiger partial charge on any atom is 0.119 e. The van der Waals surface area contributed by atoms with Gasteiger partial charge in [-0.05, 0) is 39.9 Å². The monoisotopic (exact) mass is 288 g/mol. The molecule has 0 unspecified atom stereocenters. The number of hydrogen-bond acceptors (Lipinski definition) is 1. The molecule has 0 aliphatic rings. The minimum atomic E-state index is 0.381. The molecule has 3 aromatic carbocycles. The van der Waals surface area contributed by atoms with Gasteiger partial charge in [-0.3, -0.25) is 0 Å². The molecule has 3 rings (SSSR count). The maximum atomic E-state index is 5.28. The van der Waals surface area contributed by atoms with Crippen molar-refractivity contribution in [2.75, 3.05) is 7.11 Å². The van der Waals surface area contributed by atoms with E-state index in [4.69, 9.17) is 4.74 Å². The molecule has 3 aromatic rings. The summed E-state index contributed by atoms with van der Waals surface area (Å²) >= 11 is 0. The second-order valence-electron chi connectivity index (χ2n) is 5.53. The number of allylic oxidation sites excluding steroid dienone is 1. The Labute approximate surface area is 131 Å². The predicted molar refractivity (Wildman–Crippen MR) is 94.4 cm³/mol. The van der Waals surface area contributed by atoms with Crippen LogP contribution in [0.15, 0.2) is 72.8 Å². The molecule has 110 valence electrons. The minimum Gasteiger partial charge on any atom is -0.497 e. The third kappa shape index (κ3) is 3.20. The fraction of sp³-hybridized carbons (Fsp3) is 0.143. The van der Waals surface area contributed by atoms with Crippen molar-refractivity contribution in [3.63, 3.8) is 0 Å². The topological polar surface area (TPSA) is 9.23 Å². The molecule has 0 aromatic heterocycles. The number of benzene rings is 3. The number of hydrogen-bond donors (Lipinski definition) is 0. The molecule has 1 heteroatoms. The highest BCUT2D eigenvalue weighted by atomic mass is 16.5. The quantitative estimate of drug-likeness (QED) is 0.601. The Balaban J connectivity index is 1.85. The molecule has 0 saturated heterocycles. The number of ether oxygens (including phenoxy) is 1. The molecule has 22 heavy (non-hydrogen) atoms. The van der Waals surface area contributed by atoms with Crippen molar-refractivity contribution in [1.29, 1.82) is 0 Å². The zero-order chi connectivity index (χ0) is 15.4. The lowest BCUT2D eigenvalue weighted by molar-refractivity contribution is 0.415. The highest BCUT2D eigenvalue weighted by molar-refractivity contribution is 5.84. The first-order valence-corrected chi connectivity index (χ1v) is 7.57. The molecule has 1 atom stereocenters. The van der Waals surface area contributed by atoms with Gasteiger partial charge in [-0.2, -0.15) is 0 Å². The van der Waals surface area contributed by atoms with Crippen molar-refractivity contribution in [1.82, 2.24) is 0 Å². The van der Waals surface area contributed by atoms with Crippen molar-refractivity contribution in [2.24, 2.45) is 0 Å². The van der Waals surface area contributed by atoms with Crippen molar-refractivity contribution < 1.29 is 4.74 Å². The average molecular weight is 288 g/mol. The molecule has 0 fully saturated rings. The van der Waals surface area contributed by atoms with E-state index in [9.17, 15) is 0 Å². The first-order valence-electron chi connectivity index (χ1n) is 7.57. The summed E-state index contributed by atoms with van der Waals surface area (Å²) in [6.45, 7) is 2.23. The van der Waals surface area contributed by atoms with Crippen LogP contribution in [-0.2, 0) is 0 Å². The van der Waals surface area contributed by atoms with Gasteiger partial charge in [0.2, 0.25) is 0 Å². The van der Waals surface area contributed by atoms with Crippen LogP contribution in [0.2, 0.25) is 0 Å². The van der Waals surface area contributed by atoms with Gasteiger partial charge in [0.25, 0.3) is 0 Å². The molecular formula is C21H20O. The van der Waals surface area contributed by atoms with Gasteiger partial charge in [-0.1, -0.05) is 73.7 Å². The normalized spacial score (nSPS) is 12.6. The van der Waals surface area contributed by atoms with Crippen LogP contribution in [0.1, 0.15) is 24.0 Å². The summed E-state index contributed by atoms with van der Waals surface area (Å²) in [5.74, 6) is 1.28. The molecule has 0 N–H and O–H groups in total. The Hall–Kier alpha value is -2.54. The van der Waals surface area contributed by atoms with Crippen molar-refractivity contribution in [3.05, 3.63) is 83.9 Å². The van der Waals surface area contributed by atoms with Crippen LogP contribution < -0.4 is 4.74 Å². The van der Waals surface area contributed by atoms with Gasteiger partial charge in [0.05, 0.1) is 7.11 Å². The van der Waals surface area contributed by atoms with E-state index in [-0.39, 0.29) is 0 Å². The number of fused-ring (bicyclic) bond motifs is 1. The van der Waals surface area contributed by atoms with E-state index in [0.717, 1.165) is 5.75 Å². The van der Waals surface area contributed by atoms with E-state index in [1.807, 2.05) is 12.1 Å². The molecule has 0 radical (unpaired) electrons. The van der Waals surface area contributed by atoms with E-state index in [1.54, 1.807) is 7.11 Å². The Kier molecular flexibility index (Phi) is 4.24. The highest BCUT2D eigenvalue weighted by Gasteiger charge is 2.04. The van der Waals surface area contributed by atoms with Crippen LogP contribution in [0.3, 0.4) is 0 Å². The van der Waals surface area contributed by atoms with Gasteiger partial charge in [-0.25, -0.2) is 0 Å². The zero-order valence-corrected chi connectivity index (χ0v) is 13.0. The molecule has 0 aliphatic carbocycles. The third-order valence-electron chi connectivity index (χ3n) is 3.97. The van der Waals surface area contributed by atoms with E-state index in [0.29, 0.717) is 5.92 Å². The maximum absolute atomic E-state index is 5.28. The summed E-state index contributed by atoms with van der Waals surface area (Å²) in [5.41, 5.74) is 2.56. The van der Waals surface area contributed by atoms with Crippen LogP contribution in [-0.4, -0.2) is 7.11 Å². The van der Waals surface area contributed by atoms with Crippen LogP contribution in [0.4, 0.5) is 0 Å². The summed E-state index contributed by atoms with van der Waals surface area (Å²) in [6.07, 6.45) is 4.43. The van der Waals surface area contributed by atoms with Gasteiger partial charge < -0.3 is 4.74 Å². The lowest BCUT2D eigenvalue weighted by Gasteiger charge is -2.09. The molecule has 0 aliphatic heterocycles. The Morgan fingerprint density at radius 3 is 2.36 bits per heavy atom. The van der Waals surface area contributed by atoms with Crippen molar-refractivity contribution in [2.45, 2.75) is 12.8 Å². The Morgan fingerprint density at radius 2 is 1.59 bits per heavy atom. The minimum absolute atomic E-state index is 0.381.